The number of esters is 1. The van der Waals surface area contributed by atoms with Crippen molar-refractivity contribution in [3.8, 4) is 0 Å². The molecule has 12 heavy (non-hydrogen) atoms. The van der Waals surface area contributed by atoms with Crippen LogP contribution in [0.1, 0.15) is 27.9 Å². The zero-order valence-corrected chi connectivity index (χ0v) is 8.11. The van der Waals surface area contributed by atoms with E-state index in [9.17, 15) is 4.79 Å². The Morgan fingerprint density at radius 1 is 1.58 bits per heavy atom. The van der Waals surface area contributed by atoms with Crippen molar-refractivity contribution < 1.29 is 9.53 Å². The number of carbonyl (C=O) groups excluding carboxylic acids is 1. The minimum absolute atomic E-state index is 0.234. The molecule has 66 valence electrons. The predicted octanol–water partition coefficient (Wildman–Crippen LogP) is 2.49. The van der Waals surface area contributed by atoms with Gasteiger partial charge in [0.2, 0.25) is 0 Å². The normalized spacial score (nSPS) is 9.83. The first kappa shape index (κ1) is 9.26. The molecular formula is C9H12O2S. The van der Waals surface area contributed by atoms with Gasteiger partial charge in [0.25, 0.3) is 0 Å². The second-order valence-corrected chi connectivity index (χ2v) is 3.68. The average Bonchev–Trinajstić information content (AvgIpc) is 2.52. The quantitative estimate of drug-likeness (QED) is 0.674. The van der Waals surface area contributed by atoms with Crippen LogP contribution in [0.5, 0.6) is 0 Å². The number of hydrogen-bond acceptors (Lipinski definition) is 3. The van der Waals surface area contributed by atoms with Gasteiger partial charge in [-0.15, -0.1) is 11.3 Å². The number of carbonyl (C=O) groups is 1. The summed E-state index contributed by atoms with van der Waals surface area (Å²) in [5.74, 6) is -0.234. The van der Waals surface area contributed by atoms with Gasteiger partial charge in [-0.2, -0.15) is 0 Å². The number of thiophene rings is 1. The molecule has 3 heteroatoms. The molecular weight excluding hydrogens is 172 g/mol. The summed E-state index contributed by atoms with van der Waals surface area (Å²) in [4.78, 5) is 13.0. The zero-order chi connectivity index (χ0) is 8.97. The van der Waals surface area contributed by atoms with Crippen molar-refractivity contribution in [2.24, 2.45) is 0 Å². The van der Waals surface area contributed by atoms with Crippen molar-refractivity contribution in [3.05, 3.63) is 21.9 Å². The molecule has 1 aromatic heterocycles. The Hall–Kier alpha value is -0.830. The van der Waals surface area contributed by atoms with Crippen molar-refractivity contribution in [1.29, 1.82) is 0 Å². The van der Waals surface area contributed by atoms with Gasteiger partial charge in [0.15, 0.2) is 0 Å². The molecule has 1 rings (SSSR count). The van der Waals surface area contributed by atoms with Gasteiger partial charge in [-0.3, -0.25) is 0 Å². The van der Waals surface area contributed by atoms with E-state index < -0.39 is 0 Å². The molecule has 0 unspecified atom stereocenters. The van der Waals surface area contributed by atoms with E-state index in [0.29, 0.717) is 4.88 Å². The lowest BCUT2D eigenvalue weighted by Crippen LogP contribution is -1.96. The van der Waals surface area contributed by atoms with Crippen LogP contribution >= 0.6 is 11.3 Å². The number of aryl methyl sites for hydroxylation is 1. The van der Waals surface area contributed by atoms with Crippen LogP contribution in [-0.4, -0.2) is 13.1 Å². The molecule has 0 saturated heterocycles. The Labute approximate surface area is 76.2 Å². The minimum Gasteiger partial charge on any atom is -0.465 e. The van der Waals surface area contributed by atoms with Crippen LogP contribution in [0.3, 0.4) is 0 Å². The van der Waals surface area contributed by atoms with Crippen molar-refractivity contribution in [2.45, 2.75) is 19.8 Å². The Morgan fingerprint density at radius 2 is 2.33 bits per heavy atom. The first-order chi connectivity index (χ1) is 5.77. The number of rotatable bonds is 3. The maximum absolute atomic E-state index is 11.0. The fourth-order valence-corrected chi connectivity index (χ4v) is 2.00. The van der Waals surface area contributed by atoms with Crippen LogP contribution in [0.4, 0.5) is 0 Å². The molecule has 0 amide bonds. The van der Waals surface area contributed by atoms with E-state index in [0.717, 1.165) is 12.8 Å². The monoisotopic (exact) mass is 184 g/mol. The summed E-state index contributed by atoms with van der Waals surface area (Å²) in [5.41, 5.74) is 0. The van der Waals surface area contributed by atoms with Gasteiger partial charge >= 0.3 is 5.97 Å². The third-order valence-corrected chi connectivity index (χ3v) is 2.67. The van der Waals surface area contributed by atoms with Gasteiger partial charge in [-0.25, -0.2) is 4.79 Å². The summed E-state index contributed by atoms with van der Waals surface area (Å²) in [7, 11) is 1.40. The number of methoxy groups -OCH3 is 1. The molecule has 0 radical (unpaired) electrons. The van der Waals surface area contributed by atoms with E-state index in [2.05, 4.69) is 11.7 Å². The van der Waals surface area contributed by atoms with Crippen LogP contribution in [0.25, 0.3) is 0 Å². The topological polar surface area (TPSA) is 26.3 Å². The summed E-state index contributed by atoms with van der Waals surface area (Å²) in [6, 6.07) is 3.81. The summed E-state index contributed by atoms with van der Waals surface area (Å²) >= 11 is 1.52. The lowest BCUT2D eigenvalue weighted by Gasteiger charge is -1.92. The second-order valence-electron chi connectivity index (χ2n) is 2.51. The summed E-state index contributed by atoms with van der Waals surface area (Å²) in [6.45, 7) is 2.12. The third kappa shape index (κ3) is 2.08. The number of hydrogen-bond donors (Lipinski definition) is 0. The Morgan fingerprint density at radius 3 is 2.92 bits per heavy atom. The third-order valence-electron chi connectivity index (χ3n) is 1.54. The van der Waals surface area contributed by atoms with Crippen LogP contribution < -0.4 is 0 Å². The summed E-state index contributed by atoms with van der Waals surface area (Å²) < 4.78 is 4.60. The molecule has 2 nitrogen and oxygen atoms in total. The predicted molar refractivity (Wildman–Crippen MR) is 49.7 cm³/mol. The average molecular weight is 184 g/mol. The van der Waals surface area contributed by atoms with Gasteiger partial charge in [-0.1, -0.05) is 13.3 Å². The van der Waals surface area contributed by atoms with Crippen LogP contribution in [-0.2, 0) is 11.2 Å². The highest BCUT2D eigenvalue weighted by molar-refractivity contribution is 7.13. The molecule has 1 aromatic rings. The van der Waals surface area contributed by atoms with Crippen molar-refractivity contribution in [3.63, 3.8) is 0 Å². The van der Waals surface area contributed by atoms with Gasteiger partial charge < -0.3 is 4.74 Å². The highest BCUT2D eigenvalue weighted by Crippen LogP contribution is 2.18. The highest BCUT2D eigenvalue weighted by Gasteiger charge is 2.07. The summed E-state index contributed by atoms with van der Waals surface area (Å²) in [5, 5.41) is 0. The van der Waals surface area contributed by atoms with Crippen LogP contribution in [0, 0.1) is 0 Å². The molecule has 0 aliphatic carbocycles. The largest absolute Gasteiger partial charge is 0.465 e. The molecule has 1 heterocycles. The van der Waals surface area contributed by atoms with Gasteiger partial charge in [-0.05, 0) is 18.6 Å². The molecule has 0 N–H and O–H groups in total. The van der Waals surface area contributed by atoms with E-state index in [1.54, 1.807) is 0 Å². The number of ether oxygens (including phenoxy) is 1. The summed E-state index contributed by atoms with van der Waals surface area (Å²) in [6.07, 6.45) is 2.16. The molecule has 0 atom stereocenters. The molecule has 0 saturated carbocycles. The Balaban J connectivity index is 2.70. The smallest absolute Gasteiger partial charge is 0.348 e. The van der Waals surface area contributed by atoms with E-state index in [4.69, 9.17) is 0 Å². The van der Waals surface area contributed by atoms with Crippen molar-refractivity contribution in [2.75, 3.05) is 7.11 Å². The Bertz CT molecular complexity index is 265. The fourth-order valence-electron chi connectivity index (χ4n) is 0.969. The van der Waals surface area contributed by atoms with E-state index in [1.165, 1.54) is 23.3 Å². The maximum Gasteiger partial charge on any atom is 0.348 e. The molecule has 0 fully saturated rings. The first-order valence-corrected chi connectivity index (χ1v) is 4.76. The minimum atomic E-state index is -0.234. The standard InChI is InChI=1S/C9H12O2S/c1-3-4-7-5-6-8(12-7)9(10)11-2/h5-6H,3-4H2,1-2H3. The lowest BCUT2D eigenvalue weighted by molar-refractivity contribution is 0.0606. The fraction of sp³-hybridized carbons (Fsp3) is 0.444. The molecule has 0 bridgehead atoms. The van der Waals surface area contributed by atoms with E-state index in [-0.39, 0.29) is 5.97 Å². The van der Waals surface area contributed by atoms with Gasteiger partial charge in [0, 0.05) is 4.88 Å². The van der Waals surface area contributed by atoms with Gasteiger partial charge in [0.1, 0.15) is 4.88 Å². The Kier molecular flexibility index (Phi) is 3.29. The van der Waals surface area contributed by atoms with Crippen molar-refractivity contribution >= 4 is 17.3 Å². The lowest BCUT2D eigenvalue weighted by atomic mass is 10.3. The maximum atomic E-state index is 11.0. The molecule has 0 aliphatic heterocycles. The van der Waals surface area contributed by atoms with Gasteiger partial charge in [0.05, 0.1) is 7.11 Å². The SMILES string of the molecule is CCCc1ccc(C(=O)OC)s1. The van der Waals surface area contributed by atoms with Crippen molar-refractivity contribution in [1.82, 2.24) is 0 Å². The molecule has 0 aliphatic rings. The van der Waals surface area contributed by atoms with Crippen LogP contribution in [0.2, 0.25) is 0 Å². The van der Waals surface area contributed by atoms with Crippen LogP contribution in [0.15, 0.2) is 12.1 Å². The zero-order valence-electron chi connectivity index (χ0n) is 7.29. The molecule has 0 spiro atoms. The van der Waals surface area contributed by atoms with E-state index in [1.807, 2.05) is 12.1 Å². The molecule has 0 aromatic carbocycles. The second kappa shape index (κ2) is 4.26. The highest BCUT2D eigenvalue weighted by atomic mass is 32.1. The van der Waals surface area contributed by atoms with E-state index >= 15 is 0 Å². The first-order valence-electron chi connectivity index (χ1n) is 3.95.